The van der Waals surface area contributed by atoms with E-state index in [4.69, 9.17) is 14.2 Å². The Hall–Kier alpha value is -2.71. The molecule has 3 rings (SSSR count). The molecule has 1 aromatic carbocycles. The Bertz CT molecular complexity index is 886. The van der Waals surface area contributed by atoms with Crippen LogP contribution in [-0.4, -0.2) is 42.0 Å². The molecule has 148 valence electrons. The van der Waals surface area contributed by atoms with Crippen molar-refractivity contribution in [2.45, 2.75) is 45.2 Å². The van der Waals surface area contributed by atoms with E-state index in [0.717, 1.165) is 0 Å². The molecule has 2 aliphatic rings. The minimum Gasteiger partial charge on any atom is -0.426 e. The van der Waals surface area contributed by atoms with E-state index in [0.29, 0.717) is 11.8 Å². The number of Topliss-reactive ketones (excluding diaryl/α,β-unsaturated/α-hetero) is 2. The summed E-state index contributed by atoms with van der Waals surface area (Å²) < 4.78 is 16.9. The third-order valence-corrected chi connectivity index (χ3v) is 5.13. The van der Waals surface area contributed by atoms with E-state index < -0.39 is 46.9 Å². The minimum atomic E-state index is -1.50. The number of hydrogen-bond acceptors (Lipinski definition) is 8. The molecule has 1 heterocycles. The highest BCUT2D eigenvalue weighted by Crippen LogP contribution is 2.54. The van der Waals surface area contributed by atoms with Gasteiger partial charge in [-0.25, -0.2) is 0 Å². The van der Waals surface area contributed by atoms with Gasteiger partial charge in [-0.3, -0.25) is 19.2 Å². The molecule has 1 saturated heterocycles. The van der Waals surface area contributed by atoms with Gasteiger partial charge in [0.1, 0.15) is 23.7 Å². The molecule has 0 radical (unpaired) electrons. The van der Waals surface area contributed by atoms with E-state index >= 15 is 0 Å². The number of carbonyl (C=O) groups excluding carboxylic acids is 5. The zero-order valence-corrected chi connectivity index (χ0v) is 15.9. The third-order valence-electron chi connectivity index (χ3n) is 5.13. The Kier molecular flexibility index (Phi) is 4.81. The molecule has 0 spiro atoms. The van der Waals surface area contributed by atoms with Crippen molar-refractivity contribution >= 4 is 30.1 Å². The number of hydrogen-bond donors (Lipinski definition) is 0. The molecular formula is C20H20O8. The number of rotatable bonds is 4. The zero-order valence-electron chi connectivity index (χ0n) is 15.9. The Morgan fingerprint density at radius 3 is 2.43 bits per heavy atom. The second-order valence-electron chi connectivity index (χ2n) is 7.49. The van der Waals surface area contributed by atoms with Crippen molar-refractivity contribution in [1.82, 2.24) is 0 Å². The molecule has 0 saturated carbocycles. The lowest BCUT2D eigenvalue weighted by Gasteiger charge is -2.54. The SMILES string of the molecule is CC(=O)Oc1cccc2c1C(=O)C(C(=O)C=O)C1C(C=O)OC(C)(C)OC21C. The summed E-state index contributed by atoms with van der Waals surface area (Å²) in [5, 5.41) is 0. The summed E-state index contributed by atoms with van der Waals surface area (Å²) in [7, 11) is 0. The summed E-state index contributed by atoms with van der Waals surface area (Å²) in [4.78, 5) is 60.2. The number of carbonyl (C=O) groups is 5. The molecule has 1 aliphatic carbocycles. The molecule has 0 aromatic heterocycles. The second kappa shape index (κ2) is 6.72. The maximum Gasteiger partial charge on any atom is 0.308 e. The van der Waals surface area contributed by atoms with E-state index in [1.807, 2.05) is 0 Å². The van der Waals surface area contributed by atoms with Gasteiger partial charge in [0.05, 0.1) is 11.5 Å². The average Bonchev–Trinajstić information content (AvgIpc) is 2.60. The summed E-state index contributed by atoms with van der Waals surface area (Å²) in [6, 6.07) is 4.61. The van der Waals surface area contributed by atoms with Gasteiger partial charge in [-0.05, 0) is 32.4 Å². The fraction of sp³-hybridized carbons (Fsp3) is 0.450. The highest BCUT2D eigenvalue weighted by atomic mass is 16.7. The molecule has 0 bridgehead atoms. The van der Waals surface area contributed by atoms with Gasteiger partial charge in [-0.1, -0.05) is 12.1 Å². The van der Waals surface area contributed by atoms with Crippen LogP contribution >= 0.6 is 0 Å². The number of ether oxygens (including phenoxy) is 3. The van der Waals surface area contributed by atoms with E-state index in [-0.39, 0.29) is 17.6 Å². The molecule has 4 unspecified atom stereocenters. The van der Waals surface area contributed by atoms with Crippen LogP contribution in [0.25, 0.3) is 0 Å². The monoisotopic (exact) mass is 388 g/mol. The third kappa shape index (κ3) is 2.98. The highest BCUT2D eigenvalue weighted by Gasteiger charge is 2.61. The lowest BCUT2D eigenvalue weighted by molar-refractivity contribution is -0.353. The number of ketones is 2. The molecule has 8 heteroatoms. The Balaban J connectivity index is 2.33. The number of aldehydes is 2. The lowest BCUT2D eigenvalue weighted by Crippen LogP contribution is -2.63. The van der Waals surface area contributed by atoms with Gasteiger partial charge in [0.25, 0.3) is 0 Å². The van der Waals surface area contributed by atoms with Gasteiger partial charge < -0.3 is 19.0 Å². The summed E-state index contributed by atoms with van der Waals surface area (Å²) >= 11 is 0. The molecule has 0 amide bonds. The first-order valence-electron chi connectivity index (χ1n) is 8.74. The van der Waals surface area contributed by atoms with Gasteiger partial charge in [-0.2, -0.15) is 0 Å². The summed E-state index contributed by atoms with van der Waals surface area (Å²) in [6.45, 7) is 6.02. The quantitative estimate of drug-likeness (QED) is 0.250. The first kappa shape index (κ1) is 20.0. The molecule has 1 aromatic rings. The van der Waals surface area contributed by atoms with Crippen LogP contribution in [0.5, 0.6) is 5.75 Å². The van der Waals surface area contributed by atoms with Crippen LogP contribution in [0.2, 0.25) is 0 Å². The van der Waals surface area contributed by atoms with Gasteiger partial charge in [-0.15, -0.1) is 0 Å². The average molecular weight is 388 g/mol. The summed E-state index contributed by atoms with van der Waals surface area (Å²) in [6.07, 6.45) is -0.603. The van der Waals surface area contributed by atoms with Crippen LogP contribution in [0.1, 0.15) is 43.6 Å². The molecule has 4 atom stereocenters. The predicted molar refractivity (Wildman–Crippen MR) is 93.6 cm³/mol. The number of fused-ring (bicyclic) bond motifs is 3. The highest BCUT2D eigenvalue weighted by molar-refractivity contribution is 6.34. The molecule has 0 N–H and O–H groups in total. The predicted octanol–water partition coefficient (Wildman–Crippen LogP) is 1.37. The van der Waals surface area contributed by atoms with Crippen LogP contribution in [0.15, 0.2) is 18.2 Å². The number of esters is 1. The van der Waals surface area contributed by atoms with Gasteiger partial charge in [0.2, 0.25) is 5.78 Å². The smallest absolute Gasteiger partial charge is 0.308 e. The minimum absolute atomic E-state index is 0.0148. The summed E-state index contributed by atoms with van der Waals surface area (Å²) in [5.74, 6) is -6.16. The van der Waals surface area contributed by atoms with Crippen molar-refractivity contribution < 1.29 is 38.2 Å². The number of benzene rings is 1. The van der Waals surface area contributed by atoms with Crippen molar-refractivity contribution in [3.8, 4) is 5.75 Å². The molecule has 1 aliphatic heterocycles. The normalized spacial score (nSPS) is 30.6. The van der Waals surface area contributed by atoms with Crippen molar-refractivity contribution in [2.24, 2.45) is 11.8 Å². The van der Waals surface area contributed by atoms with E-state index in [9.17, 15) is 24.0 Å². The molecular weight excluding hydrogens is 368 g/mol. The molecule has 28 heavy (non-hydrogen) atoms. The van der Waals surface area contributed by atoms with Crippen LogP contribution in [-0.2, 0) is 34.3 Å². The van der Waals surface area contributed by atoms with Crippen LogP contribution in [0.3, 0.4) is 0 Å². The Morgan fingerprint density at radius 2 is 1.86 bits per heavy atom. The fourth-order valence-corrected chi connectivity index (χ4v) is 4.31. The molecule has 8 nitrogen and oxygen atoms in total. The Labute approximate surface area is 161 Å². The van der Waals surface area contributed by atoms with Crippen molar-refractivity contribution in [3.63, 3.8) is 0 Å². The van der Waals surface area contributed by atoms with Gasteiger partial charge >= 0.3 is 5.97 Å². The maximum absolute atomic E-state index is 13.2. The second-order valence-corrected chi connectivity index (χ2v) is 7.49. The zero-order chi connectivity index (χ0) is 20.9. The van der Waals surface area contributed by atoms with Crippen molar-refractivity contribution in [3.05, 3.63) is 29.3 Å². The van der Waals surface area contributed by atoms with E-state index in [2.05, 4.69) is 0 Å². The van der Waals surface area contributed by atoms with E-state index in [1.165, 1.54) is 13.0 Å². The first-order valence-corrected chi connectivity index (χ1v) is 8.74. The van der Waals surface area contributed by atoms with Crippen molar-refractivity contribution in [1.29, 1.82) is 0 Å². The maximum atomic E-state index is 13.2. The largest absolute Gasteiger partial charge is 0.426 e. The fourth-order valence-electron chi connectivity index (χ4n) is 4.31. The van der Waals surface area contributed by atoms with Crippen LogP contribution in [0.4, 0.5) is 0 Å². The van der Waals surface area contributed by atoms with Crippen LogP contribution in [0, 0.1) is 11.8 Å². The van der Waals surface area contributed by atoms with E-state index in [1.54, 1.807) is 32.9 Å². The summed E-state index contributed by atoms with van der Waals surface area (Å²) in [5.41, 5.74) is -0.978. The topological polar surface area (TPSA) is 113 Å². The van der Waals surface area contributed by atoms with Gasteiger partial charge in [0.15, 0.2) is 17.9 Å². The van der Waals surface area contributed by atoms with Crippen LogP contribution < -0.4 is 4.74 Å². The standard InChI is InChI=1S/C20H20O8/c1-10(23)26-13-7-5-6-11-15(13)18(25)16(12(24)8-21)17-14(9-22)27-19(2,3)28-20(11,17)4/h5-9,14,16-17H,1-4H3. The Morgan fingerprint density at radius 1 is 1.18 bits per heavy atom. The first-order chi connectivity index (χ1) is 13.1. The van der Waals surface area contributed by atoms with Crippen molar-refractivity contribution in [2.75, 3.05) is 0 Å². The lowest BCUT2D eigenvalue weighted by atomic mass is 9.62. The molecule has 1 fully saturated rings. The van der Waals surface area contributed by atoms with Gasteiger partial charge in [0, 0.05) is 12.8 Å².